The van der Waals surface area contributed by atoms with Gasteiger partial charge in [0.15, 0.2) is 0 Å². The number of ether oxygens (including phenoxy) is 2. The van der Waals surface area contributed by atoms with Crippen LogP contribution in [0.4, 0.5) is 17.6 Å². The number of alkyl halides is 3. The lowest BCUT2D eigenvalue weighted by molar-refractivity contribution is -0.265. The Bertz CT molecular complexity index is 1940. The minimum absolute atomic E-state index is 0.000445. The van der Waals surface area contributed by atoms with Crippen molar-refractivity contribution in [2.45, 2.75) is 68.9 Å². The molecule has 2 aliphatic rings. The molecule has 1 saturated carbocycles. The summed E-state index contributed by atoms with van der Waals surface area (Å²) in [4.78, 5) is 35.4. The van der Waals surface area contributed by atoms with E-state index in [1.807, 2.05) is 0 Å². The van der Waals surface area contributed by atoms with E-state index in [-0.39, 0.29) is 53.8 Å². The minimum atomic E-state index is -5.38. The van der Waals surface area contributed by atoms with E-state index < -0.39 is 52.7 Å². The van der Waals surface area contributed by atoms with Gasteiger partial charge in [-0.25, -0.2) is 9.37 Å². The highest BCUT2D eigenvalue weighted by molar-refractivity contribution is 6.00. The number of halogens is 4. The normalized spacial score (nSPS) is 18.6. The van der Waals surface area contributed by atoms with Crippen molar-refractivity contribution >= 4 is 22.7 Å². The highest BCUT2D eigenvalue weighted by atomic mass is 19.4. The fraction of sp³-hybridized carbons (Fsp3) is 0.389. The van der Waals surface area contributed by atoms with Gasteiger partial charge in [-0.3, -0.25) is 14.6 Å². The van der Waals surface area contributed by atoms with Crippen molar-refractivity contribution < 1.29 is 46.8 Å². The molecule has 2 aromatic carbocycles. The minimum Gasteiger partial charge on any atom is -0.489 e. The number of benzene rings is 2. The Labute approximate surface area is 284 Å². The van der Waals surface area contributed by atoms with Crippen LogP contribution in [0.3, 0.4) is 0 Å². The maximum atomic E-state index is 15.0. The maximum absolute atomic E-state index is 15.0. The largest absolute Gasteiger partial charge is 0.489 e. The van der Waals surface area contributed by atoms with Crippen LogP contribution in [0, 0.1) is 5.82 Å². The van der Waals surface area contributed by atoms with Crippen molar-refractivity contribution in [2.24, 2.45) is 0 Å². The smallest absolute Gasteiger partial charge is 0.424 e. The topological polar surface area (TPSA) is 143 Å². The van der Waals surface area contributed by atoms with Crippen molar-refractivity contribution in [3.63, 3.8) is 0 Å². The number of pyridine rings is 2. The number of aliphatic hydroxyl groups is 2. The number of hydrogen-bond donors (Lipinski definition) is 4. The average Bonchev–Trinajstić information content (AvgIpc) is 3.82. The molecule has 2 atom stereocenters. The molecular formula is C36H36F4N4O6. The molecule has 2 amide bonds. The van der Waals surface area contributed by atoms with Gasteiger partial charge < -0.3 is 30.3 Å². The third-order valence-corrected chi connectivity index (χ3v) is 8.86. The van der Waals surface area contributed by atoms with Crippen LogP contribution in [0.1, 0.15) is 61.6 Å². The van der Waals surface area contributed by atoms with E-state index in [0.29, 0.717) is 16.7 Å². The molecule has 0 unspecified atom stereocenters. The highest BCUT2D eigenvalue weighted by Crippen LogP contribution is 2.48. The lowest BCUT2D eigenvalue weighted by atomic mass is 9.81. The van der Waals surface area contributed by atoms with Gasteiger partial charge in [0.05, 0.1) is 23.9 Å². The fourth-order valence-corrected chi connectivity index (χ4v) is 5.66. The number of nitrogens with one attached hydrogen (secondary N) is 2. The van der Waals surface area contributed by atoms with Crippen LogP contribution < -0.4 is 20.1 Å². The van der Waals surface area contributed by atoms with Gasteiger partial charge in [-0.15, -0.1) is 0 Å². The number of fused-ring (bicyclic) bond motifs is 2. The predicted octanol–water partition coefficient (Wildman–Crippen LogP) is 5.08. The van der Waals surface area contributed by atoms with E-state index >= 15 is 0 Å². The Morgan fingerprint density at radius 1 is 1.06 bits per heavy atom. The molecule has 50 heavy (non-hydrogen) atoms. The van der Waals surface area contributed by atoms with Crippen LogP contribution in [0.25, 0.3) is 22.2 Å². The van der Waals surface area contributed by atoms with E-state index in [2.05, 4.69) is 20.6 Å². The van der Waals surface area contributed by atoms with Crippen molar-refractivity contribution in [1.82, 2.24) is 20.6 Å². The van der Waals surface area contributed by atoms with Gasteiger partial charge >= 0.3 is 6.18 Å². The van der Waals surface area contributed by atoms with E-state index in [1.165, 1.54) is 31.2 Å². The standard InChI is InChI=1S/C36H36F4N4O6/c1-33(2,47)12-14-42-32(46)34(3)19-49-30-25(34)17-27(44-29(30)20-6-8-23(37)9-7-20)35(48,36(38,39)40)18-43-31(45)22-15-21-5-4-13-41-28(21)26(16-22)50-24-10-11-24/h4-9,13,15-17,24,47-48H,10-12,14,18-19H2,1-3H3,(H,42,46)(H,43,45)/t34-,35-/m0/s1. The first-order valence-corrected chi connectivity index (χ1v) is 16.1. The second kappa shape index (κ2) is 12.8. The summed E-state index contributed by atoms with van der Waals surface area (Å²) in [5.74, 6) is -1.82. The summed E-state index contributed by atoms with van der Waals surface area (Å²) in [6, 6.07) is 11.9. The highest BCUT2D eigenvalue weighted by Gasteiger charge is 2.58. The average molecular weight is 697 g/mol. The Balaban J connectivity index is 1.38. The van der Waals surface area contributed by atoms with E-state index in [9.17, 15) is 37.4 Å². The Hall–Kier alpha value is -4.82. The lowest BCUT2D eigenvalue weighted by Crippen LogP contribution is -2.52. The van der Waals surface area contributed by atoms with E-state index in [0.717, 1.165) is 31.0 Å². The van der Waals surface area contributed by atoms with Gasteiger partial charge in [0, 0.05) is 34.8 Å². The summed E-state index contributed by atoms with van der Waals surface area (Å²) < 4.78 is 70.6. The van der Waals surface area contributed by atoms with Crippen LogP contribution in [0.15, 0.2) is 60.8 Å². The van der Waals surface area contributed by atoms with E-state index in [1.54, 1.807) is 32.2 Å². The zero-order valence-corrected chi connectivity index (χ0v) is 27.5. The fourth-order valence-electron chi connectivity index (χ4n) is 5.66. The SMILES string of the molecule is CC(C)(O)CCNC(=O)[C@@]1(C)COc2c1cc([C@@](O)(CNC(=O)c1cc(OC3CC3)c3ncccc3c1)C(F)(F)F)nc2-c1ccc(F)cc1. The summed E-state index contributed by atoms with van der Waals surface area (Å²) in [5.41, 5.74) is -6.82. The summed E-state index contributed by atoms with van der Waals surface area (Å²) in [5, 5.41) is 27.0. The molecular weight excluding hydrogens is 660 g/mol. The molecule has 264 valence electrons. The number of aromatic nitrogens is 2. The predicted molar refractivity (Wildman–Crippen MR) is 174 cm³/mol. The van der Waals surface area contributed by atoms with Gasteiger partial charge in [-0.1, -0.05) is 6.07 Å². The summed E-state index contributed by atoms with van der Waals surface area (Å²) in [6.45, 7) is 3.04. The second-order valence-electron chi connectivity index (χ2n) is 13.6. The zero-order chi connectivity index (χ0) is 36.1. The van der Waals surface area contributed by atoms with Crippen molar-refractivity contribution in [1.29, 1.82) is 0 Å². The number of carbonyl (C=O) groups is 2. The van der Waals surface area contributed by atoms with E-state index in [4.69, 9.17) is 9.47 Å². The molecule has 10 nitrogen and oxygen atoms in total. The van der Waals surface area contributed by atoms with Crippen LogP contribution in [-0.2, 0) is 15.8 Å². The zero-order valence-electron chi connectivity index (χ0n) is 27.5. The van der Waals surface area contributed by atoms with Crippen molar-refractivity contribution in [3.8, 4) is 22.8 Å². The van der Waals surface area contributed by atoms with Crippen molar-refractivity contribution in [2.75, 3.05) is 19.7 Å². The molecule has 0 bridgehead atoms. The maximum Gasteiger partial charge on any atom is 0.424 e. The summed E-state index contributed by atoms with van der Waals surface area (Å²) in [7, 11) is 0. The molecule has 0 spiro atoms. The molecule has 1 aliphatic carbocycles. The first kappa shape index (κ1) is 35.0. The third kappa shape index (κ3) is 6.94. The number of nitrogens with zero attached hydrogens (tertiary/aromatic N) is 2. The molecule has 4 aromatic rings. The van der Waals surface area contributed by atoms with Crippen LogP contribution in [0.2, 0.25) is 0 Å². The quantitative estimate of drug-likeness (QED) is 0.159. The van der Waals surface area contributed by atoms with Gasteiger partial charge in [-0.05, 0) is 88.6 Å². The number of amides is 2. The number of hydrogen-bond acceptors (Lipinski definition) is 8. The molecule has 6 rings (SSSR count). The molecule has 1 aliphatic heterocycles. The molecule has 1 fully saturated rings. The Kier molecular flexibility index (Phi) is 8.97. The summed E-state index contributed by atoms with van der Waals surface area (Å²) in [6.07, 6.45) is -2.02. The van der Waals surface area contributed by atoms with Crippen molar-refractivity contribution in [3.05, 3.63) is 83.4 Å². The Morgan fingerprint density at radius 3 is 2.44 bits per heavy atom. The van der Waals surface area contributed by atoms with Gasteiger partial charge in [-0.2, -0.15) is 13.2 Å². The lowest BCUT2D eigenvalue weighted by Gasteiger charge is -2.31. The molecule has 4 N–H and O–H groups in total. The third-order valence-electron chi connectivity index (χ3n) is 8.86. The molecule has 0 saturated heterocycles. The molecule has 0 radical (unpaired) electrons. The molecule has 14 heteroatoms. The van der Waals surface area contributed by atoms with Crippen LogP contribution in [0.5, 0.6) is 11.5 Å². The van der Waals surface area contributed by atoms with Gasteiger partial charge in [0.1, 0.15) is 40.5 Å². The number of carbonyl (C=O) groups excluding carboxylic acids is 2. The first-order chi connectivity index (χ1) is 23.5. The number of rotatable bonds is 11. The molecule has 2 aromatic heterocycles. The van der Waals surface area contributed by atoms with Gasteiger partial charge in [0.25, 0.3) is 5.91 Å². The van der Waals surface area contributed by atoms with Crippen LogP contribution in [-0.4, -0.2) is 69.6 Å². The Morgan fingerprint density at radius 2 is 1.78 bits per heavy atom. The summed E-state index contributed by atoms with van der Waals surface area (Å²) >= 11 is 0. The first-order valence-electron chi connectivity index (χ1n) is 16.1. The van der Waals surface area contributed by atoms with Crippen LogP contribution >= 0.6 is 0 Å². The monoisotopic (exact) mass is 696 g/mol. The second-order valence-corrected chi connectivity index (χ2v) is 13.6. The van der Waals surface area contributed by atoms with Gasteiger partial charge in [0.2, 0.25) is 11.5 Å². The molecule has 3 heterocycles.